The number of carbonyl (C=O) groups excluding carboxylic acids is 1. The highest BCUT2D eigenvalue weighted by Gasteiger charge is 2.39. The van der Waals surface area contributed by atoms with Crippen LogP contribution in [-0.4, -0.2) is 17.7 Å². The summed E-state index contributed by atoms with van der Waals surface area (Å²) in [4.78, 5) is 12.0. The minimum absolute atomic E-state index is 0.256. The topological polar surface area (TPSA) is 17.1 Å². The van der Waals surface area contributed by atoms with Crippen LogP contribution in [0.2, 0.25) is 0 Å². The minimum atomic E-state index is -4.78. The van der Waals surface area contributed by atoms with Crippen molar-refractivity contribution in [1.29, 1.82) is 0 Å². The number of fused-ring (bicyclic) bond motifs is 1. The Morgan fingerprint density at radius 3 is 2.75 bits per heavy atom. The standard InChI is InChI=1S/C11H9F3OS/c12-11(13,14)10(15)8-3-4-9-7(6-8)2-1-5-16-9/h3-4,6H,1-2,5H2. The molecule has 2 rings (SSSR count). The molecular formula is C11H9F3OS. The Balaban J connectivity index is 2.34. The second-order valence-corrected chi connectivity index (χ2v) is 4.74. The van der Waals surface area contributed by atoms with Crippen LogP contribution in [0.1, 0.15) is 22.3 Å². The highest BCUT2D eigenvalue weighted by Crippen LogP contribution is 2.32. The summed E-state index contributed by atoms with van der Waals surface area (Å²) in [7, 11) is 0. The molecule has 0 fully saturated rings. The van der Waals surface area contributed by atoms with Gasteiger partial charge in [-0.05, 0) is 42.4 Å². The molecule has 1 aliphatic heterocycles. The molecule has 0 atom stereocenters. The number of carbonyl (C=O) groups is 1. The first-order valence-electron chi connectivity index (χ1n) is 4.86. The molecule has 5 heteroatoms. The second kappa shape index (κ2) is 4.13. The van der Waals surface area contributed by atoms with Crippen LogP contribution in [0.3, 0.4) is 0 Å². The van der Waals surface area contributed by atoms with Crippen LogP contribution in [0.4, 0.5) is 13.2 Å². The van der Waals surface area contributed by atoms with E-state index < -0.39 is 12.0 Å². The molecule has 1 aromatic carbocycles. The van der Waals surface area contributed by atoms with Gasteiger partial charge in [-0.2, -0.15) is 13.2 Å². The Morgan fingerprint density at radius 2 is 2.06 bits per heavy atom. The largest absolute Gasteiger partial charge is 0.454 e. The SMILES string of the molecule is O=C(c1ccc2c(c1)CCCS2)C(F)(F)F. The highest BCUT2D eigenvalue weighted by atomic mass is 32.2. The molecule has 0 saturated carbocycles. The summed E-state index contributed by atoms with van der Waals surface area (Å²) >= 11 is 1.62. The molecule has 0 N–H and O–H groups in total. The fraction of sp³-hybridized carbons (Fsp3) is 0.364. The fourth-order valence-electron chi connectivity index (χ4n) is 1.67. The third kappa shape index (κ3) is 2.24. The summed E-state index contributed by atoms with van der Waals surface area (Å²) in [6.07, 6.45) is -3.08. The monoisotopic (exact) mass is 246 g/mol. The van der Waals surface area contributed by atoms with E-state index in [0.29, 0.717) is 0 Å². The molecule has 0 radical (unpaired) electrons. The predicted molar refractivity (Wildman–Crippen MR) is 55.9 cm³/mol. The number of hydrogen-bond donors (Lipinski definition) is 0. The van der Waals surface area contributed by atoms with E-state index in [1.807, 2.05) is 0 Å². The highest BCUT2D eigenvalue weighted by molar-refractivity contribution is 7.99. The third-order valence-corrected chi connectivity index (χ3v) is 3.63. The maximum atomic E-state index is 12.2. The second-order valence-electron chi connectivity index (χ2n) is 3.60. The van der Waals surface area contributed by atoms with Gasteiger partial charge in [0.25, 0.3) is 5.78 Å². The van der Waals surface area contributed by atoms with Crippen molar-refractivity contribution in [2.45, 2.75) is 23.9 Å². The van der Waals surface area contributed by atoms with Crippen molar-refractivity contribution in [3.05, 3.63) is 29.3 Å². The Kier molecular flexibility index (Phi) is 2.97. The molecule has 0 bridgehead atoms. The number of aryl methyl sites for hydroxylation is 1. The zero-order valence-corrected chi connectivity index (χ0v) is 9.12. The lowest BCUT2D eigenvalue weighted by Crippen LogP contribution is -2.23. The smallest absolute Gasteiger partial charge is 0.284 e. The number of halogens is 3. The first-order valence-corrected chi connectivity index (χ1v) is 5.84. The van der Waals surface area contributed by atoms with E-state index in [1.54, 1.807) is 17.8 Å². The number of alkyl halides is 3. The molecule has 0 spiro atoms. The average Bonchev–Trinajstić information content (AvgIpc) is 2.26. The number of hydrogen-bond acceptors (Lipinski definition) is 2. The Bertz CT molecular complexity index is 426. The Morgan fingerprint density at radius 1 is 1.31 bits per heavy atom. The maximum absolute atomic E-state index is 12.2. The minimum Gasteiger partial charge on any atom is -0.284 e. The van der Waals surface area contributed by atoms with Crippen LogP contribution >= 0.6 is 11.8 Å². The van der Waals surface area contributed by atoms with Gasteiger partial charge in [-0.1, -0.05) is 0 Å². The molecule has 1 aliphatic rings. The van der Waals surface area contributed by atoms with Gasteiger partial charge in [0.05, 0.1) is 0 Å². The van der Waals surface area contributed by atoms with Crippen molar-refractivity contribution in [1.82, 2.24) is 0 Å². The van der Waals surface area contributed by atoms with E-state index in [1.165, 1.54) is 12.1 Å². The van der Waals surface area contributed by atoms with Crippen molar-refractivity contribution in [3.8, 4) is 0 Å². The van der Waals surface area contributed by atoms with E-state index in [2.05, 4.69) is 0 Å². The van der Waals surface area contributed by atoms with Gasteiger partial charge >= 0.3 is 6.18 Å². The lowest BCUT2D eigenvalue weighted by molar-refractivity contribution is -0.0885. The summed E-state index contributed by atoms with van der Waals surface area (Å²) in [5.41, 5.74) is 0.597. The maximum Gasteiger partial charge on any atom is 0.454 e. The number of thioether (sulfide) groups is 1. The normalized spacial score (nSPS) is 15.7. The Labute approximate surface area is 95.0 Å². The first-order chi connectivity index (χ1) is 7.48. The zero-order chi connectivity index (χ0) is 11.8. The van der Waals surface area contributed by atoms with Crippen LogP contribution in [-0.2, 0) is 6.42 Å². The van der Waals surface area contributed by atoms with E-state index >= 15 is 0 Å². The summed E-state index contributed by atoms with van der Waals surface area (Å²) in [6, 6.07) is 4.24. The summed E-state index contributed by atoms with van der Waals surface area (Å²) < 4.78 is 36.6. The van der Waals surface area contributed by atoms with Crippen LogP contribution in [0.25, 0.3) is 0 Å². The van der Waals surface area contributed by atoms with Crippen LogP contribution < -0.4 is 0 Å². The average molecular weight is 246 g/mol. The third-order valence-electron chi connectivity index (χ3n) is 2.43. The number of Topliss-reactive ketones (excluding diaryl/α,β-unsaturated/α-hetero) is 1. The lowest BCUT2D eigenvalue weighted by atomic mass is 10.0. The van der Waals surface area contributed by atoms with E-state index in [-0.39, 0.29) is 5.56 Å². The van der Waals surface area contributed by atoms with Gasteiger partial charge in [0, 0.05) is 10.5 Å². The first kappa shape index (κ1) is 11.5. The lowest BCUT2D eigenvalue weighted by Gasteiger charge is -2.16. The van der Waals surface area contributed by atoms with Crippen LogP contribution in [0, 0.1) is 0 Å². The van der Waals surface area contributed by atoms with Gasteiger partial charge < -0.3 is 0 Å². The van der Waals surface area contributed by atoms with Crippen molar-refractivity contribution >= 4 is 17.5 Å². The molecule has 1 aromatic rings. The quantitative estimate of drug-likeness (QED) is 0.706. The summed E-state index contributed by atoms with van der Waals surface area (Å²) in [6.45, 7) is 0. The van der Waals surface area contributed by atoms with Gasteiger partial charge in [0.2, 0.25) is 0 Å². The number of rotatable bonds is 1. The molecule has 0 aliphatic carbocycles. The van der Waals surface area contributed by atoms with Crippen molar-refractivity contribution in [2.24, 2.45) is 0 Å². The molecular weight excluding hydrogens is 237 g/mol. The van der Waals surface area contributed by atoms with Gasteiger partial charge in [-0.3, -0.25) is 4.79 Å². The van der Waals surface area contributed by atoms with Crippen molar-refractivity contribution in [2.75, 3.05) is 5.75 Å². The van der Waals surface area contributed by atoms with Gasteiger partial charge in [0.15, 0.2) is 0 Å². The Hall–Kier alpha value is -0.970. The van der Waals surface area contributed by atoms with Gasteiger partial charge in [-0.25, -0.2) is 0 Å². The molecule has 0 aromatic heterocycles. The van der Waals surface area contributed by atoms with E-state index in [0.717, 1.165) is 29.1 Å². The molecule has 16 heavy (non-hydrogen) atoms. The molecule has 1 heterocycles. The van der Waals surface area contributed by atoms with Gasteiger partial charge in [0.1, 0.15) is 0 Å². The van der Waals surface area contributed by atoms with E-state index in [4.69, 9.17) is 0 Å². The fourth-order valence-corrected chi connectivity index (χ4v) is 2.68. The number of ketones is 1. The van der Waals surface area contributed by atoms with Gasteiger partial charge in [-0.15, -0.1) is 11.8 Å². The van der Waals surface area contributed by atoms with Crippen molar-refractivity contribution in [3.63, 3.8) is 0 Å². The molecule has 86 valence electrons. The molecule has 0 saturated heterocycles. The summed E-state index contributed by atoms with van der Waals surface area (Å²) in [5.74, 6) is -0.773. The molecule has 0 unspecified atom stereocenters. The zero-order valence-electron chi connectivity index (χ0n) is 8.30. The van der Waals surface area contributed by atoms with Crippen LogP contribution in [0.15, 0.2) is 23.1 Å². The predicted octanol–water partition coefficient (Wildman–Crippen LogP) is 3.47. The van der Waals surface area contributed by atoms with Crippen LogP contribution in [0.5, 0.6) is 0 Å². The number of benzene rings is 1. The van der Waals surface area contributed by atoms with E-state index in [9.17, 15) is 18.0 Å². The molecule has 0 amide bonds. The summed E-state index contributed by atoms with van der Waals surface area (Å²) in [5, 5.41) is 0. The van der Waals surface area contributed by atoms with Crippen molar-refractivity contribution < 1.29 is 18.0 Å². The molecule has 1 nitrogen and oxygen atoms in total.